The number of ether oxygens (including phenoxy) is 1. The van der Waals surface area contributed by atoms with E-state index in [4.69, 9.17) is 4.74 Å². The summed E-state index contributed by atoms with van der Waals surface area (Å²) < 4.78 is 5.59. The van der Waals surface area contributed by atoms with Gasteiger partial charge in [0, 0.05) is 18.2 Å². The topological polar surface area (TPSA) is 21.3 Å². The maximum absolute atomic E-state index is 5.59. The van der Waals surface area contributed by atoms with Gasteiger partial charge in [0.15, 0.2) is 0 Å². The van der Waals surface area contributed by atoms with Crippen molar-refractivity contribution in [3.63, 3.8) is 0 Å². The molecule has 2 nitrogen and oxygen atoms in total. The molecule has 18 heavy (non-hydrogen) atoms. The van der Waals surface area contributed by atoms with Crippen molar-refractivity contribution in [2.75, 3.05) is 25.6 Å². The lowest BCUT2D eigenvalue weighted by Gasteiger charge is -2.49. The minimum atomic E-state index is 0.326. The van der Waals surface area contributed by atoms with Crippen LogP contribution in [0.5, 0.6) is 0 Å². The van der Waals surface area contributed by atoms with Gasteiger partial charge in [0.05, 0.1) is 13.2 Å². The number of benzene rings is 1. The van der Waals surface area contributed by atoms with Crippen LogP contribution in [-0.4, -0.2) is 20.3 Å². The normalized spacial score (nSPS) is 23.4. The van der Waals surface area contributed by atoms with Crippen molar-refractivity contribution in [3.05, 3.63) is 29.8 Å². The van der Waals surface area contributed by atoms with Gasteiger partial charge >= 0.3 is 0 Å². The van der Waals surface area contributed by atoms with Crippen LogP contribution in [0.1, 0.15) is 37.7 Å². The second kappa shape index (κ2) is 4.93. The molecule has 0 atom stereocenters. The molecular formula is C16H23NO. The first-order valence-electron chi connectivity index (χ1n) is 7.21. The van der Waals surface area contributed by atoms with Crippen LogP contribution in [0, 0.1) is 5.92 Å². The van der Waals surface area contributed by atoms with Crippen molar-refractivity contribution in [1.82, 2.24) is 0 Å². The summed E-state index contributed by atoms with van der Waals surface area (Å²) in [6.45, 7) is 1.85. The molecule has 1 aliphatic carbocycles. The first-order valence-corrected chi connectivity index (χ1v) is 7.21. The molecule has 2 fully saturated rings. The van der Waals surface area contributed by atoms with Crippen LogP contribution >= 0.6 is 0 Å². The molecule has 1 aromatic rings. The Kier molecular flexibility index (Phi) is 3.29. The van der Waals surface area contributed by atoms with Crippen molar-refractivity contribution < 1.29 is 4.74 Å². The minimum absolute atomic E-state index is 0.326. The predicted molar refractivity (Wildman–Crippen MR) is 75.1 cm³/mol. The van der Waals surface area contributed by atoms with E-state index in [-0.39, 0.29) is 0 Å². The van der Waals surface area contributed by atoms with Crippen LogP contribution in [0.3, 0.4) is 0 Å². The summed E-state index contributed by atoms with van der Waals surface area (Å²) in [7, 11) is 1.97. The number of hydrogen-bond acceptors (Lipinski definition) is 2. The first-order chi connectivity index (χ1) is 8.85. The molecule has 1 aliphatic heterocycles. The van der Waals surface area contributed by atoms with E-state index >= 15 is 0 Å². The van der Waals surface area contributed by atoms with Gasteiger partial charge in [-0.1, -0.05) is 31.4 Å². The van der Waals surface area contributed by atoms with Crippen LogP contribution in [0.25, 0.3) is 0 Å². The van der Waals surface area contributed by atoms with Crippen molar-refractivity contribution in [1.29, 1.82) is 0 Å². The van der Waals surface area contributed by atoms with Gasteiger partial charge < -0.3 is 10.1 Å². The second-order valence-corrected chi connectivity index (χ2v) is 5.81. The summed E-state index contributed by atoms with van der Waals surface area (Å²) in [5.74, 6) is 0.834. The Balaban J connectivity index is 1.85. The molecule has 1 N–H and O–H groups in total. The summed E-state index contributed by atoms with van der Waals surface area (Å²) in [4.78, 5) is 0. The Morgan fingerprint density at radius 1 is 1.06 bits per heavy atom. The molecule has 0 amide bonds. The molecule has 3 rings (SSSR count). The highest BCUT2D eigenvalue weighted by molar-refractivity contribution is 5.46. The summed E-state index contributed by atoms with van der Waals surface area (Å²) in [6, 6.07) is 8.97. The zero-order chi connectivity index (χ0) is 12.4. The predicted octanol–water partition coefficient (Wildman–Crippen LogP) is 3.58. The molecule has 0 radical (unpaired) electrons. The molecule has 2 heteroatoms. The fraction of sp³-hybridized carbons (Fsp3) is 0.625. The van der Waals surface area contributed by atoms with Crippen molar-refractivity contribution >= 4 is 5.69 Å². The van der Waals surface area contributed by atoms with Crippen LogP contribution < -0.4 is 5.32 Å². The van der Waals surface area contributed by atoms with Gasteiger partial charge in [-0.25, -0.2) is 0 Å². The zero-order valence-corrected chi connectivity index (χ0v) is 11.2. The van der Waals surface area contributed by atoms with E-state index in [1.807, 2.05) is 7.05 Å². The molecule has 1 saturated heterocycles. The molecule has 0 spiro atoms. The third kappa shape index (κ3) is 1.93. The van der Waals surface area contributed by atoms with Crippen molar-refractivity contribution in [2.24, 2.45) is 5.92 Å². The maximum atomic E-state index is 5.59. The number of hydrogen-bond donors (Lipinski definition) is 1. The van der Waals surface area contributed by atoms with Gasteiger partial charge in [-0.15, -0.1) is 0 Å². The number of rotatable bonds is 3. The van der Waals surface area contributed by atoms with Gasteiger partial charge in [0.1, 0.15) is 0 Å². The molecule has 98 valence electrons. The molecule has 1 aromatic carbocycles. The molecule has 0 unspecified atom stereocenters. The minimum Gasteiger partial charge on any atom is -0.388 e. The quantitative estimate of drug-likeness (QED) is 0.879. The summed E-state index contributed by atoms with van der Waals surface area (Å²) >= 11 is 0. The monoisotopic (exact) mass is 245 g/mol. The first kappa shape index (κ1) is 12.0. The average Bonchev–Trinajstić information content (AvgIpc) is 2.40. The van der Waals surface area contributed by atoms with Crippen LogP contribution in [-0.2, 0) is 10.2 Å². The van der Waals surface area contributed by atoms with E-state index in [0.29, 0.717) is 5.41 Å². The van der Waals surface area contributed by atoms with E-state index in [9.17, 15) is 0 Å². The number of anilines is 1. The zero-order valence-electron chi connectivity index (χ0n) is 11.2. The van der Waals surface area contributed by atoms with E-state index in [1.54, 1.807) is 0 Å². The van der Waals surface area contributed by atoms with E-state index < -0.39 is 0 Å². The van der Waals surface area contributed by atoms with Gasteiger partial charge in [0.25, 0.3) is 0 Å². The molecule has 2 aliphatic rings. The highest BCUT2D eigenvalue weighted by Crippen LogP contribution is 2.46. The standard InChI is InChI=1S/C16H23NO/c1-17-15-9-7-14(8-10-15)16(11-18-12-16)13-5-3-2-4-6-13/h7-10,13,17H,2-6,11-12H2,1H3. The Bertz CT molecular complexity index is 388. The lowest BCUT2D eigenvalue weighted by atomic mass is 9.64. The largest absolute Gasteiger partial charge is 0.388 e. The third-order valence-corrected chi connectivity index (χ3v) is 4.85. The Morgan fingerprint density at radius 2 is 1.72 bits per heavy atom. The Morgan fingerprint density at radius 3 is 2.22 bits per heavy atom. The van der Waals surface area contributed by atoms with E-state index in [2.05, 4.69) is 29.6 Å². The highest BCUT2D eigenvalue weighted by Gasteiger charge is 2.46. The fourth-order valence-corrected chi connectivity index (χ4v) is 3.58. The van der Waals surface area contributed by atoms with Crippen LogP contribution in [0.15, 0.2) is 24.3 Å². The van der Waals surface area contributed by atoms with Crippen LogP contribution in [0.2, 0.25) is 0 Å². The highest BCUT2D eigenvalue weighted by atomic mass is 16.5. The molecule has 0 aromatic heterocycles. The van der Waals surface area contributed by atoms with Gasteiger partial charge in [-0.3, -0.25) is 0 Å². The van der Waals surface area contributed by atoms with Crippen molar-refractivity contribution in [2.45, 2.75) is 37.5 Å². The smallest absolute Gasteiger partial charge is 0.0588 e. The number of nitrogens with one attached hydrogen (secondary N) is 1. The summed E-state index contributed by atoms with van der Waals surface area (Å²) in [6.07, 6.45) is 7.00. The Hall–Kier alpha value is -1.02. The lowest BCUT2D eigenvalue weighted by Crippen LogP contribution is -2.52. The fourth-order valence-electron chi connectivity index (χ4n) is 3.58. The average molecular weight is 245 g/mol. The SMILES string of the molecule is CNc1ccc(C2(C3CCCCC3)COC2)cc1. The van der Waals surface area contributed by atoms with Gasteiger partial charge in [-0.05, 0) is 36.5 Å². The van der Waals surface area contributed by atoms with E-state index in [0.717, 1.165) is 19.1 Å². The maximum Gasteiger partial charge on any atom is 0.0588 e. The third-order valence-electron chi connectivity index (χ3n) is 4.85. The summed E-state index contributed by atoms with van der Waals surface area (Å²) in [5.41, 5.74) is 3.00. The second-order valence-electron chi connectivity index (χ2n) is 5.81. The van der Waals surface area contributed by atoms with E-state index in [1.165, 1.54) is 43.4 Å². The molecular weight excluding hydrogens is 222 g/mol. The van der Waals surface area contributed by atoms with Gasteiger partial charge in [0.2, 0.25) is 0 Å². The molecule has 1 saturated carbocycles. The molecule has 0 bridgehead atoms. The molecule has 1 heterocycles. The summed E-state index contributed by atoms with van der Waals surface area (Å²) in [5, 5.41) is 3.19. The van der Waals surface area contributed by atoms with Gasteiger partial charge in [-0.2, -0.15) is 0 Å². The Labute approximate surface area is 110 Å². The van der Waals surface area contributed by atoms with Crippen LogP contribution in [0.4, 0.5) is 5.69 Å². The lowest BCUT2D eigenvalue weighted by molar-refractivity contribution is -0.0977. The van der Waals surface area contributed by atoms with Crippen molar-refractivity contribution in [3.8, 4) is 0 Å².